The molecule has 2 rings (SSSR count). The molecule has 16 heavy (non-hydrogen) atoms. The fourth-order valence-corrected chi connectivity index (χ4v) is 1.73. The number of nitrogens with zero attached hydrogens (tertiary/aromatic N) is 1. The van der Waals surface area contributed by atoms with Gasteiger partial charge in [-0.3, -0.25) is 4.79 Å². The summed E-state index contributed by atoms with van der Waals surface area (Å²) >= 11 is 0. The molecule has 1 aliphatic heterocycles. The highest BCUT2D eigenvalue weighted by molar-refractivity contribution is 5.85. The Hall–Kier alpha value is -2.02. The Morgan fingerprint density at radius 2 is 2.38 bits per heavy atom. The van der Waals surface area contributed by atoms with Crippen LogP contribution >= 0.6 is 0 Å². The zero-order valence-corrected chi connectivity index (χ0v) is 8.93. The van der Waals surface area contributed by atoms with E-state index in [9.17, 15) is 4.79 Å². The van der Waals surface area contributed by atoms with Crippen LogP contribution in [-0.2, 0) is 4.79 Å². The van der Waals surface area contributed by atoms with Gasteiger partial charge in [0.1, 0.15) is 24.3 Å². The molecular formula is C12H12N2O2. The smallest absolute Gasteiger partial charge is 0.232 e. The van der Waals surface area contributed by atoms with Crippen LogP contribution in [-0.4, -0.2) is 18.6 Å². The summed E-state index contributed by atoms with van der Waals surface area (Å²) in [5.41, 5.74) is 0.894. The molecule has 0 saturated carbocycles. The molecular weight excluding hydrogens is 204 g/mol. The highest BCUT2D eigenvalue weighted by Gasteiger charge is 2.30. The first-order chi connectivity index (χ1) is 7.72. The average molecular weight is 216 g/mol. The summed E-state index contributed by atoms with van der Waals surface area (Å²) in [6, 6.07) is 8.97. The molecule has 1 heterocycles. The van der Waals surface area contributed by atoms with Crippen molar-refractivity contribution >= 4 is 5.91 Å². The first-order valence-electron chi connectivity index (χ1n) is 5.14. The standard InChI is InChI=1S/C12H12N2O2/c1-8(6-13)14-12(15)10-7-16-11-5-3-2-4-9(10)11/h2-5,8,10H,7H2,1H3,(H,14,15). The maximum Gasteiger partial charge on any atom is 0.232 e. The number of hydrogen-bond donors (Lipinski definition) is 1. The van der Waals surface area contributed by atoms with Crippen LogP contribution in [0.3, 0.4) is 0 Å². The Labute approximate surface area is 93.8 Å². The van der Waals surface area contributed by atoms with Gasteiger partial charge < -0.3 is 10.1 Å². The molecule has 1 aliphatic rings. The number of amides is 1. The van der Waals surface area contributed by atoms with Gasteiger partial charge in [0, 0.05) is 5.56 Å². The predicted molar refractivity (Wildman–Crippen MR) is 57.9 cm³/mol. The number of carbonyl (C=O) groups excluding carboxylic acids is 1. The van der Waals surface area contributed by atoms with Crippen LogP contribution in [0.2, 0.25) is 0 Å². The summed E-state index contributed by atoms with van der Waals surface area (Å²) in [4.78, 5) is 11.8. The van der Waals surface area contributed by atoms with Crippen molar-refractivity contribution in [2.24, 2.45) is 0 Å². The first-order valence-corrected chi connectivity index (χ1v) is 5.14. The maximum absolute atomic E-state index is 11.8. The van der Waals surface area contributed by atoms with Crippen LogP contribution in [0.4, 0.5) is 0 Å². The molecule has 82 valence electrons. The molecule has 1 N–H and O–H groups in total. The molecule has 4 heteroatoms. The highest BCUT2D eigenvalue weighted by Crippen LogP contribution is 2.33. The molecule has 2 unspecified atom stereocenters. The number of para-hydroxylation sites is 1. The monoisotopic (exact) mass is 216 g/mol. The number of nitrogens with one attached hydrogen (secondary N) is 1. The third-order valence-electron chi connectivity index (χ3n) is 2.57. The van der Waals surface area contributed by atoms with Gasteiger partial charge in [-0.05, 0) is 13.0 Å². The van der Waals surface area contributed by atoms with Gasteiger partial charge in [-0.25, -0.2) is 0 Å². The quantitative estimate of drug-likeness (QED) is 0.807. The number of nitriles is 1. The number of fused-ring (bicyclic) bond motifs is 1. The third-order valence-corrected chi connectivity index (χ3v) is 2.57. The number of rotatable bonds is 2. The lowest BCUT2D eigenvalue weighted by molar-refractivity contribution is -0.123. The van der Waals surface area contributed by atoms with Crippen molar-refractivity contribution in [1.82, 2.24) is 5.32 Å². The zero-order chi connectivity index (χ0) is 11.5. The minimum absolute atomic E-state index is 0.154. The molecule has 4 nitrogen and oxygen atoms in total. The normalized spacial score (nSPS) is 19.1. The summed E-state index contributed by atoms with van der Waals surface area (Å²) in [5.74, 6) is 0.304. The van der Waals surface area contributed by atoms with Crippen molar-refractivity contribution in [3.05, 3.63) is 29.8 Å². The zero-order valence-electron chi connectivity index (χ0n) is 8.93. The maximum atomic E-state index is 11.8. The predicted octanol–water partition coefficient (Wildman–Crippen LogP) is 1.19. The van der Waals surface area contributed by atoms with Gasteiger partial charge in [0.15, 0.2) is 0 Å². The lowest BCUT2D eigenvalue weighted by atomic mass is 10.0. The molecule has 1 aromatic carbocycles. The number of carbonyl (C=O) groups is 1. The summed E-state index contributed by atoms with van der Waals surface area (Å²) < 4.78 is 5.40. The fourth-order valence-electron chi connectivity index (χ4n) is 1.73. The van der Waals surface area contributed by atoms with Crippen molar-refractivity contribution in [3.63, 3.8) is 0 Å². The molecule has 0 spiro atoms. The van der Waals surface area contributed by atoms with Gasteiger partial charge in [0.2, 0.25) is 5.91 Å². The number of ether oxygens (including phenoxy) is 1. The van der Waals surface area contributed by atoms with Crippen LogP contribution in [0, 0.1) is 11.3 Å². The van der Waals surface area contributed by atoms with Gasteiger partial charge >= 0.3 is 0 Å². The average Bonchev–Trinajstić information content (AvgIpc) is 2.72. The van der Waals surface area contributed by atoms with Gasteiger partial charge in [-0.1, -0.05) is 18.2 Å². The third kappa shape index (κ3) is 1.84. The summed E-state index contributed by atoms with van der Waals surface area (Å²) in [7, 11) is 0. The second kappa shape index (κ2) is 4.23. The molecule has 0 aliphatic carbocycles. The van der Waals surface area contributed by atoms with E-state index < -0.39 is 6.04 Å². The van der Waals surface area contributed by atoms with Crippen molar-refractivity contribution in [2.45, 2.75) is 18.9 Å². The first kappa shape index (κ1) is 10.5. The van der Waals surface area contributed by atoms with Crippen molar-refractivity contribution < 1.29 is 9.53 Å². The lowest BCUT2D eigenvalue weighted by Crippen LogP contribution is -2.36. The van der Waals surface area contributed by atoms with Crippen LogP contribution in [0.5, 0.6) is 5.75 Å². The van der Waals surface area contributed by atoms with E-state index in [1.54, 1.807) is 6.92 Å². The van der Waals surface area contributed by atoms with E-state index in [0.29, 0.717) is 6.61 Å². The lowest BCUT2D eigenvalue weighted by Gasteiger charge is -2.11. The van der Waals surface area contributed by atoms with Crippen LogP contribution < -0.4 is 10.1 Å². The van der Waals surface area contributed by atoms with Crippen LogP contribution in [0.1, 0.15) is 18.4 Å². The van der Waals surface area contributed by atoms with Gasteiger partial charge in [0.25, 0.3) is 0 Å². The van der Waals surface area contributed by atoms with Crippen molar-refractivity contribution in [3.8, 4) is 11.8 Å². The van der Waals surface area contributed by atoms with E-state index in [1.807, 2.05) is 30.3 Å². The van der Waals surface area contributed by atoms with E-state index in [1.165, 1.54) is 0 Å². The van der Waals surface area contributed by atoms with Gasteiger partial charge in [0.05, 0.1) is 6.07 Å². The second-order valence-electron chi connectivity index (χ2n) is 3.76. The Kier molecular flexibility index (Phi) is 2.78. The summed E-state index contributed by atoms with van der Waals surface area (Å²) in [6.45, 7) is 2.00. The van der Waals surface area contributed by atoms with E-state index in [-0.39, 0.29) is 11.8 Å². The highest BCUT2D eigenvalue weighted by atomic mass is 16.5. The molecule has 2 atom stereocenters. The SMILES string of the molecule is CC(C#N)NC(=O)C1COc2ccccc21. The van der Waals surface area contributed by atoms with E-state index in [0.717, 1.165) is 11.3 Å². The minimum atomic E-state index is -0.472. The topological polar surface area (TPSA) is 62.1 Å². The Morgan fingerprint density at radius 3 is 3.12 bits per heavy atom. The minimum Gasteiger partial charge on any atom is -0.492 e. The molecule has 0 aromatic heterocycles. The second-order valence-corrected chi connectivity index (χ2v) is 3.76. The fraction of sp³-hybridized carbons (Fsp3) is 0.333. The van der Waals surface area contributed by atoms with Gasteiger partial charge in [-0.15, -0.1) is 0 Å². The summed E-state index contributed by atoms with van der Waals surface area (Å²) in [6.07, 6.45) is 0. The Balaban J connectivity index is 2.14. The number of hydrogen-bond acceptors (Lipinski definition) is 3. The van der Waals surface area contributed by atoms with E-state index >= 15 is 0 Å². The largest absolute Gasteiger partial charge is 0.492 e. The molecule has 0 saturated heterocycles. The van der Waals surface area contributed by atoms with Gasteiger partial charge in [-0.2, -0.15) is 5.26 Å². The molecule has 1 aromatic rings. The van der Waals surface area contributed by atoms with E-state index in [4.69, 9.17) is 10.00 Å². The molecule has 0 radical (unpaired) electrons. The molecule has 0 bridgehead atoms. The number of benzene rings is 1. The summed E-state index contributed by atoms with van der Waals surface area (Å²) in [5, 5.41) is 11.3. The molecule has 1 amide bonds. The van der Waals surface area contributed by atoms with Crippen molar-refractivity contribution in [1.29, 1.82) is 5.26 Å². The van der Waals surface area contributed by atoms with Crippen molar-refractivity contribution in [2.75, 3.05) is 6.61 Å². The van der Waals surface area contributed by atoms with Crippen LogP contribution in [0.15, 0.2) is 24.3 Å². The van der Waals surface area contributed by atoms with Crippen LogP contribution in [0.25, 0.3) is 0 Å². The molecule has 0 fully saturated rings. The Morgan fingerprint density at radius 1 is 1.62 bits per heavy atom. The Bertz CT molecular complexity index is 451. The van der Waals surface area contributed by atoms with E-state index in [2.05, 4.69) is 5.32 Å².